The highest BCUT2D eigenvalue weighted by Gasteiger charge is 2.36. The van der Waals surface area contributed by atoms with E-state index in [9.17, 15) is 9.90 Å². The van der Waals surface area contributed by atoms with E-state index in [2.05, 4.69) is 15.0 Å². The molecule has 1 N–H and O–H groups in total. The lowest BCUT2D eigenvalue weighted by molar-refractivity contribution is 0.0667. The molecule has 1 aliphatic heterocycles. The molecular weight excluding hydrogens is 294 g/mol. The van der Waals surface area contributed by atoms with Crippen molar-refractivity contribution in [3.63, 3.8) is 0 Å². The van der Waals surface area contributed by atoms with Gasteiger partial charge in [0.1, 0.15) is 5.69 Å². The van der Waals surface area contributed by atoms with Crippen molar-refractivity contribution in [1.29, 1.82) is 0 Å². The second-order valence-corrected chi connectivity index (χ2v) is 6.49. The quantitative estimate of drug-likeness (QED) is 0.891. The molecule has 1 saturated heterocycles. The van der Waals surface area contributed by atoms with E-state index in [1.165, 1.54) is 0 Å². The first-order valence-corrected chi connectivity index (χ1v) is 7.83. The smallest absolute Gasteiger partial charge is 0.272 e. The Kier molecular flexibility index (Phi) is 4.08. The van der Waals surface area contributed by atoms with Crippen LogP contribution in [0.25, 0.3) is 5.65 Å². The van der Waals surface area contributed by atoms with E-state index in [1.807, 2.05) is 34.0 Å². The summed E-state index contributed by atoms with van der Waals surface area (Å²) < 4.78 is 1.74. The van der Waals surface area contributed by atoms with Crippen LogP contribution in [0.5, 0.6) is 0 Å². The van der Waals surface area contributed by atoms with E-state index < -0.39 is 0 Å². The van der Waals surface area contributed by atoms with Crippen molar-refractivity contribution in [3.05, 3.63) is 29.2 Å². The number of hydrogen-bond donors (Lipinski definition) is 1. The lowest BCUT2D eigenvalue weighted by atomic mass is 10.1. The first-order valence-electron chi connectivity index (χ1n) is 7.83. The average Bonchev–Trinajstić information content (AvgIpc) is 3.09. The topological polar surface area (TPSA) is 74.0 Å². The first kappa shape index (κ1) is 15.9. The molecule has 0 unspecified atom stereocenters. The van der Waals surface area contributed by atoms with Crippen molar-refractivity contribution in [2.24, 2.45) is 0 Å². The molecule has 2 atom stereocenters. The average molecular weight is 317 g/mol. The van der Waals surface area contributed by atoms with Crippen LogP contribution in [0.1, 0.15) is 28.3 Å². The van der Waals surface area contributed by atoms with Crippen LogP contribution in [0.4, 0.5) is 0 Å². The lowest BCUT2D eigenvalue weighted by Crippen LogP contribution is -2.39. The van der Waals surface area contributed by atoms with Crippen LogP contribution in [0.2, 0.25) is 0 Å². The Bertz CT molecular complexity index is 739. The Morgan fingerprint density at radius 2 is 2.13 bits per heavy atom. The molecule has 0 saturated carbocycles. The summed E-state index contributed by atoms with van der Waals surface area (Å²) in [5.74, 6) is -0.127. The number of aromatic nitrogens is 3. The highest BCUT2D eigenvalue weighted by molar-refractivity contribution is 5.93. The van der Waals surface area contributed by atoms with Crippen LogP contribution >= 0.6 is 0 Å². The molecule has 3 heterocycles. The van der Waals surface area contributed by atoms with Gasteiger partial charge in [-0.05, 0) is 40.4 Å². The maximum atomic E-state index is 12.9. The van der Waals surface area contributed by atoms with Crippen molar-refractivity contribution in [2.45, 2.75) is 32.4 Å². The van der Waals surface area contributed by atoms with Gasteiger partial charge in [0.2, 0.25) is 0 Å². The van der Waals surface area contributed by atoms with E-state index in [0.29, 0.717) is 17.9 Å². The lowest BCUT2D eigenvalue weighted by Gasteiger charge is -2.23. The zero-order chi connectivity index (χ0) is 16.7. The van der Waals surface area contributed by atoms with Crippen LogP contribution in [0, 0.1) is 13.8 Å². The third-order valence-corrected chi connectivity index (χ3v) is 4.54. The van der Waals surface area contributed by atoms with Gasteiger partial charge in [0, 0.05) is 24.3 Å². The number of rotatable bonds is 3. The second-order valence-electron chi connectivity index (χ2n) is 6.49. The van der Waals surface area contributed by atoms with Crippen LogP contribution in [-0.4, -0.2) is 74.7 Å². The van der Waals surface area contributed by atoms with Crippen LogP contribution in [0.3, 0.4) is 0 Å². The Hall–Kier alpha value is -1.99. The molecule has 0 radical (unpaired) electrons. The minimum atomic E-state index is -0.153. The number of carbonyl (C=O) groups is 1. The van der Waals surface area contributed by atoms with E-state index in [4.69, 9.17) is 0 Å². The third-order valence-electron chi connectivity index (χ3n) is 4.54. The molecule has 0 spiro atoms. The van der Waals surface area contributed by atoms with Gasteiger partial charge in [0.15, 0.2) is 5.65 Å². The normalized spacial score (nSPS) is 21.6. The van der Waals surface area contributed by atoms with Crippen molar-refractivity contribution < 1.29 is 9.90 Å². The van der Waals surface area contributed by atoms with Crippen molar-refractivity contribution in [3.8, 4) is 0 Å². The number of fused-ring (bicyclic) bond motifs is 1. The fourth-order valence-electron chi connectivity index (χ4n) is 3.18. The van der Waals surface area contributed by atoms with Crippen LogP contribution < -0.4 is 0 Å². The number of nitrogens with zero attached hydrogens (tertiary/aromatic N) is 5. The molecule has 0 aromatic carbocycles. The van der Waals surface area contributed by atoms with Crippen LogP contribution in [0.15, 0.2) is 12.1 Å². The zero-order valence-electron chi connectivity index (χ0n) is 14.0. The van der Waals surface area contributed by atoms with E-state index in [-0.39, 0.29) is 24.6 Å². The molecular formula is C16H23N5O2. The number of aryl methyl sites for hydroxylation is 2. The molecule has 0 aliphatic carbocycles. The number of hydrogen-bond acceptors (Lipinski definition) is 5. The largest absolute Gasteiger partial charge is 0.394 e. The van der Waals surface area contributed by atoms with E-state index >= 15 is 0 Å². The van der Waals surface area contributed by atoms with Crippen molar-refractivity contribution in [2.75, 3.05) is 27.2 Å². The molecule has 7 heteroatoms. The van der Waals surface area contributed by atoms with Gasteiger partial charge in [-0.3, -0.25) is 4.79 Å². The predicted octanol–water partition coefficient (Wildman–Crippen LogP) is 0.483. The summed E-state index contributed by atoms with van der Waals surface area (Å²) in [4.78, 5) is 21.2. The molecule has 124 valence electrons. The molecule has 2 aromatic heterocycles. The minimum Gasteiger partial charge on any atom is -0.394 e. The highest BCUT2D eigenvalue weighted by atomic mass is 16.3. The summed E-state index contributed by atoms with van der Waals surface area (Å²) >= 11 is 0. The van der Waals surface area contributed by atoms with Crippen molar-refractivity contribution >= 4 is 11.6 Å². The van der Waals surface area contributed by atoms with Gasteiger partial charge in [-0.1, -0.05) is 0 Å². The number of likely N-dealkylation sites (tertiary alicyclic amines) is 1. The molecule has 0 bridgehead atoms. The fourth-order valence-corrected chi connectivity index (χ4v) is 3.18. The summed E-state index contributed by atoms with van der Waals surface area (Å²) in [5, 5.41) is 14.0. The molecule has 1 aliphatic rings. The van der Waals surface area contributed by atoms with Crippen molar-refractivity contribution in [1.82, 2.24) is 24.4 Å². The second kappa shape index (κ2) is 5.90. The van der Waals surface area contributed by atoms with Gasteiger partial charge in [0.25, 0.3) is 5.91 Å². The van der Waals surface area contributed by atoms with E-state index in [0.717, 1.165) is 17.8 Å². The van der Waals surface area contributed by atoms with E-state index in [1.54, 1.807) is 15.5 Å². The molecule has 3 rings (SSSR count). The maximum Gasteiger partial charge on any atom is 0.272 e. The van der Waals surface area contributed by atoms with Gasteiger partial charge in [-0.15, -0.1) is 0 Å². The van der Waals surface area contributed by atoms with Gasteiger partial charge in [0.05, 0.1) is 18.3 Å². The van der Waals surface area contributed by atoms with Gasteiger partial charge < -0.3 is 14.9 Å². The Balaban J connectivity index is 1.93. The molecule has 2 aromatic rings. The van der Waals surface area contributed by atoms with Gasteiger partial charge >= 0.3 is 0 Å². The summed E-state index contributed by atoms with van der Waals surface area (Å²) in [6, 6.07) is 3.73. The number of amides is 1. The predicted molar refractivity (Wildman–Crippen MR) is 86.5 cm³/mol. The summed E-state index contributed by atoms with van der Waals surface area (Å²) in [6.07, 6.45) is 0.780. The number of aliphatic hydroxyl groups excluding tert-OH is 1. The standard InChI is InChI=1S/C16H23N5O2/c1-10-5-15-17-14(6-11(2)21(15)18-10)16(23)20-8-12(19(3)4)7-13(20)9-22/h5-6,12-13,22H,7-9H2,1-4H3/t12-,13+/m1/s1. The molecule has 1 fully saturated rings. The molecule has 7 nitrogen and oxygen atoms in total. The highest BCUT2D eigenvalue weighted by Crippen LogP contribution is 2.23. The van der Waals surface area contributed by atoms with Gasteiger partial charge in [-0.25, -0.2) is 9.50 Å². The number of likely N-dealkylation sites (N-methyl/N-ethyl adjacent to an activating group) is 1. The first-order chi connectivity index (χ1) is 10.9. The SMILES string of the molecule is Cc1cc2nc(C(=O)N3C[C@H](N(C)C)C[C@H]3CO)cc(C)n2n1. The number of carbonyl (C=O) groups excluding carboxylic acids is 1. The third kappa shape index (κ3) is 2.82. The summed E-state index contributed by atoms with van der Waals surface area (Å²) in [7, 11) is 3.99. The monoisotopic (exact) mass is 317 g/mol. The van der Waals surface area contributed by atoms with Gasteiger partial charge in [-0.2, -0.15) is 5.10 Å². The molecule has 1 amide bonds. The Labute approximate surface area is 135 Å². The Morgan fingerprint density at radius 1 is 1.39 bits per heavy atom. The summed E-state index contributed by atoms with van der Waals surface area (Å²) in [5.41, 5.74) is 2.82. The number of aliphatic hydroxyl groups is 1. The Morgan fingerprint density at radius 3 is 2.78 bits per heavy atom. The minimum absolute atomic E-state index is 0.0247. The maximum absolute atomic E-state index is 12.9. The van der Waals surface area contributed by atoms with Crippen LogP contribution in [-0.2, 0) is 0 Å². The molecule has 23 heavy (non-hydrogen) atoms. The fraction of sp³-hybridized carbons (Fsp3) is 0.562. The summed E-state index contributed by atoms with van der Waals surface area (Å²) in [6.45, 7) is 4.40. The zero-order valence-corrected chi connectivity index (χ0v) is 14.0.